The predicted molar refractivity (Wildman–Crippen MR) is 199 cm³/mol. The van der Waals surface area contributed by atoms with Gasteiger partial charge in [0.2, 0.25) is 17.7 Å². The van der Waals surface area contributed by atoms with Gasteiger partial charge >= 0.3 is 0 Å². The van der Waals surface area contributed by atoms with E-state index in [0.29, 0.717) is 65.4 Å². The molecular formula is C38H38Cl2N8O4. The highest BCUT2D eigenvalue weighted by molar-refractivity contribution is 6.39. The molecular weight excluding hydrogens is 703 g/mol. The highest BCUT2D eigenvalue weighted by Gasteiger charge is 2.47. The van der Waals surface area contributed by atoms with Crippen molar-refractivity contribution in [1.82, 2.24) is 40.0 Å². The van der Waals surface area contributed by atoms with Crippen LogP contribution in [0.1, 0.15) is 37.1 Å². The van der Waals surface area contributed by atoms with Gasteiger partial charge in [0.25, 0.3) is 5.56 Å². The molecule has 2 amide bonds. The van der Waals surface area contributed by atoms with Gasteiger partial charge in [0.1, 0.15) is 11.3 Å². The summed E-state index contributed by atoms with van der Waals surface area (Å²) in [5.41, 5.74) is 5.38. The summed E-state index contributed by atoms with van der Waals surface area (Å²) in [4.78, 5) is 43.8. The van der Waals surface area contributed by atoms with Gasteiger partial charge in [0, 0.05) is 91.7 Å². The molecule has 6 heterocycles. The molecule has 12 nitrogen and oxygen atoms in total. The topological polar surface area (TPSA) is 135 Å². The number of likely N-dealkylation sites (tertiary alicyclic amines) is 1. The van der Waals surface area contributed by atoms with E-state index in [0.717, 1.165) is 59.3 Å². The molecule has 3 N–H and O–H groups in total. The van der Waals surface area contributed by atoms with Crippen LogP contribution in [0.25, 0.3) is 39.0 Å². The number of nitrogens with one attached hydrogen (secondary N) is 3. The van der Waals surface area contributed by atoms with Crippen molar-refractivity contribution in [1.29, 1.82) is 0 Å². The largest absolute Gasteiger partial charge is 0.481 e. The van der Waals surface area contributed by atoms with E-state index < -0.39 is 0 Å². The van der Waals surface area contributed by atoms with Gasteiger partial charge in [0.05, 0.1) is 34.9 Å². The molecule has 52 heavy (non-hydrogen) atoms. The molecule has 3 aliphatic rings. The second kappa shape index (κ2) is 13.7. The number of methoxy groups -OCH3 is 1. The number of halogens is 2. The molecule has 8 rings (SSSR count). The van der Waals surface area contributed by atoms with Crippen LogP contribution in [0.3, 0.4) is 0 Å². The Morgan fingerprint density at radius 3 is 2.38 bits per heavy atom. The van der Waals surface area contributed by atoms with Gasteiger partial charge in [-0.2, -0.15) is 5.10 Å². The van der Waals surface area contributed by atoms with Gasteiger partial charge in [-0.05, 0) is 25.0 Å². The number of hydrogen-bond acceptors (Lipinski definition) is 8. The van der Waals surface area contributed by atoms with Crippen molar-refractivity contribution in [3.8, 4) is 39.4 Å². The Morgan fingerprint density at radius 2 is 1.69 bits per heavy atom. The zero-order chi connectivity index (χ0) is 36.1. The lowest BCUT2D eigenvalue weighted by Crippen LogP contribution is -2.66. The molecule has 5 aromatic rings. The van der Waals surface area contributed by atoms with Gasteiger partial charge in [0.15, 0.2) is 0 Å². The van der Waals surface area contributed by atoms with Gasteiger partial charge < -0.3 is 20.7 Å². The SMILES string of the molecule is COc1nc(-c2cccc(-c3cccc(-c4cc5c(=O)n(C)c(CN6CC7(CCC(=O)N7)C6)nn5c4)c3Cl)c2Cl)ccc1CNC[C@H]1CCC(=O)N1. The molecule has 2 aromatic carbocycles. The average Bonchev–Trinajstić information content (AvgIpc) is 3.85. The van der Waals surface area contributed by atoms with Crippen molar-refractivity contribution in [2.24, 2.45) is 7.05 Å². The van der Waals surface area contributed by atoms with Crippen LogP contribution in [0.15, 0.2) is 65.6 Å². The van der Waals surface area contributed by atoms with Crippen molar-refractivity contribution < 1.29 is 14.3 Å². The number of carbonyl (C=O) groups is 2. The van der Waals surface area contributed by atoms with Crippen LogP contribution in [0.4, 0.5) is 0 Å². The molecule has 0 aliphatic carbocycles. The van der Waals surface area contributed by atoms with Crippen LogP contribution in [-0.4, -0.2) is 74.2 Å². The summed E-state index contributed by atoms with van der Waals surface area (Å²) in [6.07, 6.45) is 4.62. The maximum atomic E-state index is 13.5. The van der Waals surface area contributed by atoms with Crippen LogP contribution in [0, 0.1) is 0 Å². The molecule has 14 heteroatoms. The number of pyridine rings is 1. The number of rotatable bonds is 10. The van der Waals surface area contributed by atoms with E-state index in [4.69, 9.17) is 38.0 Å². The van der Waals surface area contributed by atoms with E-state index >= 15 is 0 Å². The number of amides is 2. The first-order valence-electron chi connectivity index (χ1n) is 17.4. The first-order valence-corrected chi connectivity index (χ1v) is 18.1. The Hall–Kier alpha value is -4.75. The Bertz CT molecular complexity index is 2300. The highest BCUT2D eigenvalue weighted by atomic mass is 35.5. The third kappa shape index (κ3) is 6.34. The number of benzene rings is 2. The molecule has 3 aliphatic heterocycles. The third-order valence-electron chi connectivity index (χ3n) is 10.4. The second-order valence-corrected chi connectivity index (χ2v) is 14.7. The third-order valence-corrected chi connectivity index (χ3v) is 11.2. The van der Waals surface area contributed by atoms with Crippen molar-refractivity contribution in [2.75, 3.05) is 26.7 Å². The number of aromatic nitrogens is 4. The minimum Gasteiger partial charge on any atom is -0.481 e. The molecule has 3 aromatic heterocycles. The maximum Gasteiger partial charge on any atom is 0.277 e. The van der Waals surface area contributed by atoms with Crippen LogP contribution in [0.5, 0.6) is 5.88 Å². The lowest BCUT2D eigenvalue weighted by Gasteiger charge is -2.47. The predicted octanol–water partition coefficient (Wildman–Crippen LogP) is 4.58. The number of fused-ring (bicyclic) bond motifs is 1. The monoisotopic (exact) mass is 740 g/mol. The van der Waals surface area contributed by atoms with Crippen LogP contribution in [-0.2, 0) is 29.7 Å². The second-order valence-electron chi connectivity index (χ2n) is 13.9. The highest BCUT2D eigenvalue weighted by Crippen LogP contribution is 2.42. The molecule has 0 radical (unpaired) electrons. The minimum absolute atomic E-state index is 0.0918. The van der Waals surface area contributed by atoms with Crippen molar-refractivity contribution in [2.45, 2.75) is 50.4 Å². The summed E-state index contributed by atoms with van der Waals surface area (Å²) in [6.45, 7) is 3.19. The number of hydrogen-bond donors (Lipinski definition) is 3. The Morgan fingerprint density at radius 1 is 0.962 bits per heavy atom. The van der Waals surface area contributed by atoms with E-state index in [1.807, 2.05) is 60.8 Å². The first kappa shape index (κ1) is 34.3. The molecule has 1 atom stereocenters. The average molecular weight is 742 g/mol. The van der Waals surface area contributed by atoms with E-state index in [1.54, 1.807) is 23.2 Å². The summed E-state index contributed by atoms with van der Waals surface area (Å²) in [5.74, 6) is 1.32. The Labute approximate surface area is 310 Å². The summed E-state index contributed by atoms with van der Waals surface area (Å²) >= 11 is 14.2. The molecule has 0 saturated carbocycles. The zero-order valence-electron chi connectivity index (χ0n) is 28.8. The summed E-state index contributed by atoms with van der Waals surface area (Å²) in [6, 6.07) is 17.3. The zero-order valence-corrected chi connectivity index (χ0v) is 30.4. The fourth-order valence-electron chi connectivity index (χ4n) is 7.64. The lowest BCUT2D eigenvalue weighted by atomic mass is 9.88. The van der Waals surface area contributed by atoms with Crippen molar-refractivity contribution >= 4 is 40.5 Å². The number of carbonyl (C=O) groups excluding carboxylic acids is 2. The quantitative estimate of drug-likeness (QED) is 0.190. The molecule has 0 bridgehead atoms. The molecule has 3 saturated heterocycles. The van der Waals surface area contributed by atoms with Crippen LogP contribution in [0.2, 0.25) is 10.0 Å². The van der Waals surface area contributed by atoms with Crippen LogP contribution >= 0.6 is 23.2 Å². The lowest BCUT2D eigenvalue weighted by molar-refractivity contribution is -0.121. The van der Waals surface area contributed by atoms with Crippen LogP contribution < -0.4 is 26.2 Å². The molecule has 3 fully saturated rings. The van der Waals surface area contributed by atoms with Gasteiger partial charge in [-0.3, -0.25) is 23.9 Å². The van der Waals surface area contributed by atoms with Gasteiger partial charge in [-0.1, -0.05) is 65.7 Å². The van der Waals surface area contributed by atoms with Gasteiger partial charge in [-0.25, -0.2) is 9.50 Å². The number of ether oxygens (including phenoxy) is 1. The van der Waals surface area contributed by atoms with Crippen molar-refractivity contribution in [3.63, 3.8) is 0 Å². The summed E-state index contributed by atoms with van der Waals surface area (Å²) in [7, 11) is 3.33. The van der Waals surface area contributed by atoms with E-state index in [2.05, 4.69) is 20.9 Å². The number of nitrogens with zero attached hydrogens (tertiary/aromatic N) is 5. The molecule has 268 valence electrons. The summed E-state index contributed by atoms with van der Waals surface area (Å²) < 4.78 is 8.87. The fraction of sp³-hybridized carbons (Fsp3) is 0.342. The maximum absolute atomic E-state index is 13.5. The molecule has 0 unspecified atom stereocenters. The van der Waals surface area contributed by atoms with E-state index in [-0.39, 0.29) is 29.0 Å². The minimum atomic E-state index is -0.157. The standard InChI is InChI=1S/C38H38Cl2N8O4/c1-46-31(19-47-20-38(21-47)14-13-33(50)44-38)45-48-18-23(15-30(48)37(46)51)25-5-3-6-26(34(25)39)27-7-4-8-28(35(27)40)29-11-9-22(36(43-29)52-2)16-41-17-24-10-12-32(49)42-24/h3-9,11,15,18,24,41H,10,12-14,16-17,19-21H2,1-2H3,(H,42,49)(H,44,50)/t24-/m1/s1. The first-order chi connectivity index (χ1) is 25.1. The van der Waals surface area contributed by atoms with E-state index in [9.17, 15) is 14.4 Å². The van der Waals surface area contributed by atoms with Gasteiger partial charge in [-0.15, -0.1) is 0 Å². The van der Waals surface area contributed by atoms with E-state index in [1.165, 1.54) is 0 Å². The summed E-state index contributed by atoms with van der Waals surface area (Å²) in [5, 5.41) is 15.3. The fourth-order valence-corrected chi connectivity index (χ4v) is 8.30. The molecule has 1 spiro atoms. The normalized spacial score (nSPS) is 18.2. The van der Waals surface area contributed by atoms with Crippen molar-refractivity contribution in [3.05, 3.63) is 92.6 Å². The Balaban J connectivity index is 1.04. The Kier molecular flexibility index (Phi) is 9.02. The smallest absolute Gasteiger partial charge is 0.277 e.